The zero-order valence-corrected chi connectivity index (χ0v) is 44.2. The van der Waals surface area contributed by atoms with Gasteiger partial charge in [0, 0.05) is 0 Å². The molecule has 0 amide bonds. The third-order valence-corrected chi connectivity index (χ3v) is 26.3. The molecule has 0 spiro atoms. The number of rotatable bonds is 10. The Hall–Kier alpha value is -0.784. The molecule has 0 N–H and O–H groups in total. The number of hydrogen-bond donors (Lipinski definition) is 0. The second-order valence-electron chi connectivity index (χ2n) is 13.9. The summed E-state index contributed by atoms with van der Waals surface area (Å²) in [6, 6.07) is 0. The molecule has 270 valence electrons. The average Bonchev–Trinajstić information content (AvgIpc) is 4.06. The molecule has 0 aliphatic heterocycles. The van der Waals surface area contributed by atoms with Gasteiger partial charge in [-0.25, -0.2) is 0 Å². The van der Waals surface area contributed by atoms with Gasteiger partial charge in [-0.1, -0.05) is 0 Å². The predicted molar refractivity (Wildman–Crippen MR) is 218 cm³/mol. The minimum atomic E-state index is -0.312. The van der Waals surface area contributed by atoms with Crippen LogP contribution >= 0.6 is 0 Å². The number of hydrogen-bond acceptors (Lipinski definition) is 0. The van der Waals surface area contributed by atoms with Crippen LogP contribution in [0.1, 0.15) is 64.2 Å². The quantitative estimate of drug-likeness (QED) is 0.205. The van der Waals surface area contributed by atoms with E-state index >= 15 is 0 Å². The zero-order valence-electron chi connectivity index (χ0n) is 31.9. The Morgan fingerprint density at radius 2 is 0.291 bits per heavy atom. The van der Waals surface area contributed by atoms with Gasteiger partial charge < -0.3 is 0 Å². The van der Waals surface area contributed by atoms with E-state index in [2.05, 4.69) is 182 Å². The van der Waals surface area contributed by atoms with E-state index in [9.17, 15) is 0 Å². The summed E-state index contributed by atoms with van der Waals surface area (Å²) in [5.41, 5.74) is 0. The molecule has 0 saturated carbocycles. The van der Waals surface area contributed by atoms with Crippen LogP contribution in [0.3, 0.4) is 0 Å². The fraction of sp³-hybridized carbons (Fsp3) is 0.200. The Kier molecular flexibility index (Phi) is 21.0. The molecular weight excluding hydrogens is 1060 g/mol. The van der Waals surface area contributed by atoms with E-state index in [4.69, 9.17) is 0 Å². The van der Waals surface area contributed by atoms with E-state index in [0.717, 1.165) is 0 Å². The third kappa shape index (κ3) is 17.5. The van der Waals surface area contributed by atoms with Crippen LogP contribution in [0.5, 0.6) is 0 Å². The summed E-state index contributed by atoms with van der Waals surface area (Å²) in [5, 5.41) is 0. The van der Waals surface area contributed by atoms with E-state index in [1.54, 1.807) is 32.8 Å². The molecule has 0 atom stereocenters. The van der Waals surface area contributed by atoms with Gasteiger partial charge in [-0.05, 0) is 0 Å². The van der Waals surface area contributed by atoms with Crippen molar-refractivity contribution in [3.05, 3.63) is 215 Å². The van der Waals surface area contributed by atoms with Crippen LogP contribution in [0.2, 0.25) is 0 Å². The molecule has 55 heavy (non-hydrogen) atoms. The topological polar surface area (TPSA) is 0 Å². The van der Waals surface area contributed by atoms with Crippen molar-refractivity contribution in [2.75, 3.05) is 0 Å². The average molecular weight is 1110 g/mol. The van der Waals surface area contributed by atoms with Crippen molar-refractivity contribution < 1.29 is 116 Å². The van der Waals surface area contributed by atoms with Gasteiger partial charge in [-0.15, -0.1) is 0 Å². The maximum atomic E-state index is 2.31. The zero-order chi connectivity index (χ0) is 37.6. The Labute approximate surface area is 389 Å². The van der Waals surface area contributed by atoms with Crippen molar-refractivity contribution in [3.8, 4) is 0 Å². The van der Waals surface area contributed by atoms with Crippen LogP contribution in [0.4, 0.5) is 0 Å². The summed E-state index contributed by atoms with van der Waals surface area (Å²) < 4.78 is 17.3. The summed E-state index contributed by atoms with van der Waals surface area (Å²) in [6.45, 7) is 0. The maximum absolute atomic E-state index is 2.31. The van der Waals surface area contributed by atoms with Gasteiger partial charge in [-0.3, -0.25) is 0 Å². The van der Waals surface area contributed by atoms with Crippen molar-refractivity contribution in [3.63, 3.8) is 0 Å². The van der Waals surface area contributed by atoms with Gasteiger partial charge in [0.05, 0.1) is 0 Å². The molecule has 0 nitrogen and oxygen atoms in total. The van der Waals surface area contributed by atoms with Crippen LogP contribution < -0.4 is 0 Å². The second-order valence-corrected chi connectivity index (χ2v) is 32.7. The van der Waals surface area contributed by atoms with E-state index in [1.165, 1.54) is 64.2 Å². The Balaban J connectivity index is 0.000000117. The molecule has 10 aliphatic rings. The first-order valence-electron chi connectivity index (χ1n) is 19.7. The van der Waals surface area contributed by atoms with Gasteiger partial charge >= 0.3 is 395 Å². The predicted octanol–water partition coefficient (Wildman–Crippen LogP) is 13.8. The molecule has 0 saturated heterocycles. The van der Waals surface area contributed by atoms with Gasteiger partial charge in [0.15, 0.2) is 0 Å². The second kappa shape index (κ2) is 26.3. The molecule has 0 fully saturated rings. The minimum absolute atomic E-state index is 0.312. The van der Waals surface area contributed by atoms with Crippen molar-refractivity contribution in [1.29, 1.82) is 0 Å². The molecule has 0 radical (unpaired) electrons. The molecule has 0 unspecified atom stereocenters. The number of allylic oxidation sites excluding steroid dienone is 40. The van der Waals surface area contributed by atoms with Crippen molar-refractivity contribution in [1.82, 2.24) is 0 Å². The fourth-order valence-corrected chi connectivity index (χ4v) is 21.3. The Bertz CT molecular complexity index is 1530. The summed E-state index contributed by atoms with van der Waals surface area (Å²) in [4.78, 5) is 0. The molecule has 0 aromatic heterocycles. The van der Waals surface area contributed by atoms with E-state index < -0.39 is 0 Å². The van der Waals surface area contributed by atoms with Crippen LogP contribution in [0, 0.1) is 0 Å². The van der Waals surface area contributed by atoms with Gasteiger partial charge in [0.2, 0.25) is 0 Å². The van der Waals surface area contributed by atoms with Crippen LogP contribution in [0.15, 0.2) is 215 Å². The summed E-state index contributed by atoms with van der Waals surface area (Å²) in [5.74, 6) is 0. The van der Waals surface area contributed by atoms with E-state index in [-0.39, 0.29) is 116 Å². The SMILES string of the molecule is C1=CC[C]([Zr][C]2=CC=CC2)=C1.C1=CC[C]([Zr][C]2=CC=CC2)=C1.C1=CC[C]([Zr][C]2=CC=CC2)=C1.C1=CC[C]([Zr][C]2=CC=CC2)=C1.C1=CC[C]([Zr][C]2=CC=CC2)=C1. The summed E-state index contributed by atoms with van der Waals surface area (Å²) in [6.07, 6.45) is 80.1. The normalized spacial score (nSPS) is 20.4. The Morgan fingerprint density at radius 3 is 0.364 bits per heavy atom. The summed E-state index contributed by atoms with van der Waals surface area (Å²) in [7, 11) is 0. The molecule has 0 aromatic rings. The van der Waals surface area contributed by atoms with Gasteiger partial charge in [0.25, 0.3) is 0 Å². The monoisotopic (exact) mass is 1100 g/mol. The third-order valence-electron chi connectivity index (χ3n) is 9.32. The molecule has 0 heterocycles. The standard InChI is InChI=1S/10C5H5.5Zr/c10*1-2-4-5-3-1;;;;;/h10*1-3H,4H2;;;;;. The fourth-order valence-electron chi connectivity index (χ4n) is 6.43. The Morgan fingerprint density at radius 1 is 0.182 bits per heavy atom. The first-order valence-corrected chi connectivity index (χ1v) is 32.0. The van der Waals surface area contributed by atoms with Gasteiger partial charge in [0.1, 0.15) is 0 Å². The first-order chi connectivity index (χ1) is 27.2. The van der Waals surface area contributed by atoms with E-state index in [0.29, 0.717) is 0 Å². The molecule has 5 heteroatoms. The van der Waals surface area contributed by atoms with Crippen LogP contribution in [-0.2, 0) is 116 Å². The summed E-state index contributed by atoms with van der Waals surface area (Å²) >= 11 is -1.56. The van der Waals surface area contributed by atoms with Crippen LogP contribution in [0.25, 0.3) is 0 Å². The molecular formula is C50H50Zr5. The van der Waals surface area contributed by atoms with Gasteiger partial charge in [-0.2, -0.15) is 0 Å². The molecule has 10 aliphatic carbocycles. The molecule has 0 aromatic carbocycles. The molecule has 0 bridgehead atoms. The van der Waals surface area contributed by atoms with Crippen LogP contribution in [-0.4, -0.2) is 0 Å². The van der Waals surface area contributed by atoms with E-state index in [1.807, 2.05) is 0 Å². The molecule has 10 rings (SSSR count). The van der Waals surface area contributed by atoms with Crippen molar-refractivity contribution >= 4 is 0 Å². The first kappa shape index (κ1) is 43.8. The van der Waals surface area contributed by atoms with Crippen molar-refractivity contribution in [2.45, 2.75) is 64.2 Å². The van der Waals surface area contributed by atoms with Crippen molar-refractivity contribution in [2.24, 2.45) is 0 Å².